The Labute approximate surface area is 199 Å². The third-order valence-electron chi connectivity index (χ3n) is 6.94. The van der Waals surface area contributed by atoms with Gasteiger partial charge in [-0.1, -0.05) is 23.8 Å². The van der Waals surface area contributed by atoms with Crippen LogP contribution in [0, 0.1) is 25.7 Å². The Morgan fingerprint density at radius 3 is 2.27 bits per heavy atom. The first-order valence-electron chi connectivity index (χ1n) is 11.4. The highest BCUT2D eigenvalue weighted by atomic mass is 32.2. The van der Waals surface area contributed by atoms with Crippen LogP contribution in [0.25, 0.3) is 0 Å². The van der Waals surface area contributed by atoms with E-state index in [1.165, 1.54) is 22.5 Å². The first kappa shape index (κ1) is 22.3. The Morgan fingerprint density at radius 1 is 0.909 bits per heavy atom. The summed E-state index contributed by atoms with van der Waals surface area (Å²) in [4.78, 5) is 13.6. The fraction of sp³-hybridized carbons (Fsp3) is 0.346. The number of anilines is 1. The summed E-state index contributed by atoms with van der Waals surface area (Å²) >= 11 is 1.31. The van der Waals surface area contributed by atoms with E-state index < -0.39 is 10.0 Å². The molecule has 7 heteroatoms. The minimum absolute atomic E-state index is 0.0598. The van der Waals surface area contributed by atoms with E-state index >= 15 is 0 Å². The SMILES string of the molecule is Cc1ccc(C(=O)Nc2ccc3c(c2)CC2CCC(C3)C2NS(=O)(=O)c2ccc(C)s2)cc1. The predicted molar refractivity (Wildman–Crippen MR) is 132 cm³/mol. The number of aryl methyl sites for hydroxylation is 2. The minimum atomic E-state index is -3.51. The molecule has 0 spiro atoms. The second-order valence-electron chi connectivity index (χ2n) is 9.32. The quantitative estimate of drug-likeness (QED) is 0.534. The second kappa shape index (κ2) is 8.70. The van der Waals surface area contributed by atoms with Crippen molar-refractivity contribution in [3.8, 4) is 0 Å². The van der Waals surface area contributed by atoms with Crippen molar-refractivity contribution in [1.82, 2.24) is 4.72 Å². The van der Waals surface area contributed by atoms with Gasteiger partial charge in [-0.2, -0.15) is 0 Å². The average molecular weight is 481 g/mol. The van der Waals surface area contributed by atoms with Crippen LogP contribution in [0.3, 0.4) is 0 Å². The molecule has 2 aromatic carbocycles. The maximum absolute atomic E-state index is 13.0. The normalized spacial score (nSPS) is 21.9. The van der Waals surface area contributed by atoms with Gasteiger partial charge >= 0.3 is 0 Å². The lowest BCUT2D eigenvalue weighted by Crippen LogP contribution is -2.41. The molecule has 3 unspecified atom stereocenters. The number of fused-ring (bicyclic) bond motifs is 3. The Morgan fingerprint density at radius 2 is 1.61 bits per heavy atom. The van der Waals surface area contributed by atoms with E-state index in [0.717, 1.165) is 41.8 Å². The maximum atomic E-state index is 13.0. The predicted octanol–water partition coefficient (Wildman–Crippen LogP) is 5.09. The van der Waals surface area contributed by atoms with E-state index in [0.29, 0.717) is 15.7 Å². The van der Waals surface area contributed by atoms with E-state index in [4.69, 9.17) is 0 Å². The molecular weight excluding hydrogens is 452 g/mol. The third-order valence-corrected chi connectivity index (χ3v) is 9.89. The number of amides is 1. The molecule has 172 valence electrons. The first-order chi connectivity index (χ1) is 15.8. The summed E-state index contributed by atoms with van der Waals surface area (Å²) in [6, 6.07) is 17.1. The first-order valence-corrected chi connectivity index (χ1v) is 13.7. The largest absolute Gasteiger partial charge is 0.322 e. The lowest BCUT2D eigenvalue weighted by molar-refractivity contribution is 0.102. The van der Waals surface area contributed by atoms with Crippen LogP contribution in [0.15, 0.2) is 58.8 Å². The van der Waals surface area contributed by atoms with Crippen LogP contribution in [0.4, 0.5) is 5.69 Å². The molecule has 3 aromatic rings. The van der Waals surface area contributed by atoms with Crippen LogP contribution in [-0.2, 0) is 22.9 Å². The summed E-state index contributed by atoms with van der Waals surface area (Å²) in [5.41, 5.74) is 4.99. The molecule has 5 nitrogen and oxygen atoms in total. The molecule has 3 atom stereocenters. The molecule has 2 bridgehead atoms. The zero-order valence-electron chi connectivity index (χ0n) is 18.8. The Hall–Kier alpha value is -2.48. The van der Waals surface area contributed by atoms with Gasteiger partial charge in [0.15, 0.2) is 0 Å². The monoisotopic (exact) mass is 480 g/mol. The van der Waals surface area contributed by atoms with Crippen LogP contribution < -0.4 is 10.0 Å². The smallest absolute Gasteiger partial charge is 0.255 e. The van der Waals surface area contributed by atoms with Crippen molar-refractivity contribution in [3.63, 3.8) is 0 Å². The topological polar surface area (TPSA) is 75.3 Å². The molecule has 1 amide bonds. The zero-order chi connectivity index (χ0) is 23.2. The summed E-state index contributed by atoms with van der Waals surface area (Å²) in [5, 5.41) is 3.02. The van der Waals surface area contributed by atoms with Gasteiger partial charge in [0, 0.05) is 22.2 Å². The molecule has 33 heavy (non-hydrogen) atoms. The molecule has 1 aromatic heterocycles. The summed E-state index contributed by atoms with van der Waals surface area (Å²) in [6.07, 6.45) is 3.72. The Kier molecular flexibility index (Phi) is 5.89. The van der Waals surface area contributed by atoms with Crippen molar-refractivity contribution in [2.24, 2.45) is 11.8 Å². The van der Waals surface area contributed by atoms with Crippen molar-refractivity contribution in [1.29, 1.82) is 0 Å². The summed E-state index contributed by atoms with van der Waals surface area (Å²) in [7, 11) is -3.51. The molecule has 1 fully saturated rings. The lowest BCUT2D eigenvalue weighted by atomic mass is 9.93. The lowest BCUT2D eigenvalue weighted by Gasteiger charge is -2.23. The standard InChI is InChI=1S/C26H28N2O3S2/c1-16-3-6-18(7-4-16)26(29)27-23-11-10-19-13-20-8-9-21(14-22(19)15-23)25(20)28-33(30,31)24-12-5-17(2)32-24/h3-7,10-12,15,20-21,25,28H,8-9,13-14H2,1-2H3,(H,27,29). The summed E-state index contributed by atoms with van der Waals surface area (Å²) in [5.74, 6) is 0.428. The number of hydrogen-bond donors (Lipinski definition) is 2. The van der Waals surface area contributed by atoms with Gasteiger partial charge in [-0.25, -0.2) is 13.1 Å². The highest BCUT2D eigenvalue weighted by Crippen LogP contribution is 2.41. The van der Waals surface area contributed by atoms with Gasteiger partial charge < -0.3 is 5.32 Å². The number of carbonyl (C=O) groups excluding carboxylic acids is 1. The van der Waals surface area contributed by atoms with Crippen molar-refractivity contribution >= 4 is 33.0 Å². The molecule has 1 heterocycles. The highest BCUT2D eigenvalue weighted by molar-refractivity contribution is 7.91. The second-order valence-corrected chi connectivity index (χ2v) is 12.6. The van der Waals surface area contributed by atoms with E-state index in [-0.39, 0.29) is 17.9 Å². The molecule has 0 saturated heterocycles. The zero-order valence-corrected chi connectivity index (χ0v) is 20.4. The number of carbonyl (C=O) groups is 1. The molecule has 0 radical (unpaired) electrons. The van der Waals surface area contributed by atoms with E-state index in [9.17, 15) is 13.2 Å². The molecule has 2 N–H and O–H groups in total. The van der Waals surface area contributed by atoms with Crippen LogP contribution in [0.1, 0.15) is 44.8 Å². The Bertz CT molecular complexity index is 1300. The summed E-state index contributed by atoms with van der Waals surface area (Å²) < 4.78 is 29.4. The van der Waals surface area contributed by atoms with Crippen LogP contribution in [0.5, 0.6) is 0 Å². The van der Waals surface area contributed by atoms with E-state index in [1.807, 2.05) is 50.2 Å². The van der Waals surface area contributed by atoms with Crippen LogP contribution in [0.2, 0.25) is 0 Å². The summed E-state index contributed by atoms with van der Waals surface area (Å²) in [6.45, 7) is 3.92. The number of rotatable bonds is 5. The number of thiophene rings is 1. The third kappa shape index (κ3) is 4.63. The van der Waals surface area contributed by atoms with Crippen LogP contribution in [-0.4, -0.2) is 20.4 Å². The van der Waals surface area contributed by atoms with Crippen molar-refractivity contribution < 1.29 is 13.2 Å². The van der Waals surface area contributed by atoms with Gasteiger partial charge in [-0.3, -0.25) is 4.79 Å². The minimum Gasteiger partial charge on any atom is -0.322 e. The van der Waals surface area contributed by atoms with Crippen molar-refractivity contribution in [3.05, 3.63) is 81.7 Å². The molecule has 5 rings (SSSR count). The van der Waals surface area contributed by atoms with Gasteiger partial charge in [-0.05, 0) is 98.9 Å². The molecule has 2 aliphatic carbocycles. The maximum Gasteiger partial charge on any atom is 0.255 e. The van der Waals surface area contributed by atoms with Gasteiger partial charge in [0.25, 0.3) is 5.91 Å². The average Bonchev–Trinajstić information content (AvgIpc) is 3.32. The van der Waals surface area contributed by atoms with Crippen molar-refractivity contribution in [2.45, 2.75) is 49.8 Å². The highest BCUT2D eigenvalue weighted by Gasteiger charge is 2.41. The number of benzene rings is 2. The van der Waals surface area contributed by atoms with E-state index in [2.05, 4.69) is 22.2 Å². The van der Waals surface area contributed by atoms with Gasteiger partial charge in [0.2, 0.25) is 10.0 Å². The van der Waals surface area contributed by atoms with E-state index in [1.54, 1.807) is 6.07 Å². The fourth-order valence-corrected chi connectivity index (χ4v) is 7.86. The van der Waals surface area contributed by atoms with Crippen LogP contribution >= 0.6 is 11.3 Å². The Balaban J connectivity index is 1.34. The molecule has 1 saturated carbocycles. The van der Waals surface area contributed by atoms with Gasteiger partial charge in [0.1, 0.15) is 4.21 Å². The molecule has 2 aliphatic rings. The van der Waals surface area contributed by atoms with Gasteiger partial charge in [0.05, 0.1) is 0 Å². The molecular formula is C26H28N2O3S2. The number of nitrogens with one attached hydrogen (secondary N) is 2. The number of sulfonamides is 1. The van der Waals surface area contributed by atoms with Crippen molar-refractivity contribution in [2.75, 3.05) is 5.32 Å². The molecule has 0 aliphatic heterocycles. The fourth-order valence-electron chi connectivity index (χ4n) is 5.18. The van der Waals surface area contributed by atoms with Gasteiger partial charge in [-0.15, -0.1) is 11.3 Å². The number of hydrogen-bond acceptors (Lipinski definition) is 4.